The van der Waals surface area contributed by atoms with Crippen LogP contribution in [0.25, 0.3) is 21.7 Å². The van der Waals surface area contributed by atoms with Crippen LogP contribution in [-0.2, 0) is 0 Å². The number of nitrogens with one attached hydrogen (secondary N) is 1. The third-order valence-corrected chi connectivity index (χ3v) is 5.31. The Kier molecular flexibility index (Phi) is 4.40. The van der Waals surface area contributed by atoms with Crippen molar-refractivity contribution in [1.82, 2.24) is 10.1 Å². The fourth-order valence-electron chi connectivity index (χ4n) is 2.89. The quantitative estimate of drug-likeness (QED) is 0.547. The van der Waals surface area contributed by atoms with Crippen molar-refractivity contribution in [1.29, 1.82) is 0 Å². The van der Waals surface area contributed by atoms with Crippen LogP contribution in [0.5, 0.6) is 0 Å². The summed E-state index contributed by atoms with van der Waals surface area (Å²) in [5.41, 5.74) is 8.13. The molecule has 0 bridgehead atoms. The lowest BCUT2D eigenvalue weighted by Crippen LogP contribution is -2.14. The lowest BCUT2D eigenvalue weighted by atomic mass is 10.1. The monoisotopic (exact) mass is 392 g/mol. The molecule has 0 aliphatic carbocycles. The first-order valence-corrected chi connectivity index (χ1v) is 9.29. The lowest BCUT2D eigenvalue weighted by Gasteiger charge is -2.08. The number of aryl methyl sites for hydroxylation is 2. The van der Waals surface area contributed by atoms with Crippen molar-refractivity contribution in [2.45, 2.75) is 13.8 Å². The second kappa shape index (κ2) is 6.90. The average molecular weight is 392 g/mol. The number of hydrogen-bond acceptors (Lipinski definition) is 6. The SMILES string of the molecule is Cc1ccc(-c2cc(C(=O)Nc3ccc(C(N)=O)cc3)c3c(C)noc3n2)s1. The molecule has 0 aliphatic rings. The van der Waals surface area contributed by atoms with Crippen LogP contribution in [-0.4, -0.2) is 22.0 Å². The molecule has 8 heteroatoms. The average Bonchev–Trinajstić information content (AvgIpc) is 3.27. The number of pyridine rings is 1. The Balaban J connectivity index is 1.74. The first-order chi connectivity index (χ1) is 13.4. The minimum Gasteiger partial charge on any atom is -0.366 e. The number of nitrogens with two attached hydrogens (primary N) is 1. The van der Waals surface area contributed by atoms with Gasteiger partial charge in [-0.05, 0) is 56.3 Å². The van der Waals surface area contributed by atoms with Gasteiger partial charge in [-0.25, -0.2) is 4.98 Å². The van der Waals surface area contributed by atoms with Crippen molar-refractivity contribution in [3.05, 3.63) is 64.2 Å². The van der Waals surface area contributed by atoms with Crippen LogP contribution in [0.3, 0.4) is 0 Å². The maximum Gasteiger partial charge on any atom is 0.259 e. The number of fused-ring (bicyclic) bond motifs is 1. The van der Waals surface area contributed by atoms with Gasteiger partial charge in [-0.3, -0.25) is 9.59 Å². The molecule has 28 heavy (non-hydrogen) atoms. The number of rotatable bonds is 4. The van der Waals surface area contributed by atoms with Crippen LogP contribution in [0.4, 0.5) is 5.69 Å². The Morgan fingerprint density at radius 1 is 1.11 bits per heavy atom. The summed E-state index contributed by atoms with van der Waals surface area (Å²) in [7, 11) is 0. The lowest BCUT2D eigenvalue weighted by molar-refractivity contribution is 0.0998. The topological polar surface area (TPSA) is 111 Å². The van der Waals surface area contributed by atoms with E-state index >= 15 is 0 Å². The van der Waals surface area contributed by atoms with Crippen molar-refractivity contribution in [2.75, 3.05) is 5.32 Å². The van der Waals surface area contributed by atoms with Gasteiger partial charge < -0.3 is 15.6 Å². The maximum atomic E-state index is 13.0. The van der Waals surface area contributed by atoms with Crippen LogP contribution in [0.1, 0.15) is 31.3 Å². The van der Waals surface area contributed by atoms with E-state index in [0.717, 1.165) is 9.75 Å². The van der Waals surface area contributed by atoms with Gasteiger partial charge in [0.15, 0.2) is 0 Å². The molecule has 0 unspecified atom stereocenters. The predicted octanol–water partition coefficient (Wildman–Crippen LogP) is 3.92. The summed E-state index contributed by atoms with van der Waals surface area (Å²) in [6.07, 6.45) is 0. The molecule has 140 valence electrons. The summed E-state index contributed by atoms with van der Waals surface area (Å²) in [6, 6.07) is 12.1. The van der Waals surface area contributed by atoms with Gasteiger partial charge in [0.2, 0.25) is 5.91 Å². The van der Waals surface area contributed by atoms with Crippen LogP contribution in [0.2, 0.25) is 0 Å². The number of primary amides is 1. The highest BCUT2D eigenvalue weighted by molar-refractivity contribution is 7.15. The summed E-state index contributed by atoms with van der Waals surface area (Å²) >= 11 is 1.58. The van der Waals surface area contributed by atoms with Crippen molar-refractivity contribution < 1.29 is 14.1 Å². The molecule has 1 aromatic carbocycles. The Morgan fingerprint density at radius 3 is 2.50 bits per heavy atom. The van der Waals surface area contributed by atoms with Crippen molar-refractivity contribution in [3.8, 4) is 10.6 Å². The number of carbonyl (C=O) groups excluding carboxylic acids is 2. The number of thiophene rings is 1. The zero-order valence-corrected chi connectivity index (χ0v) is 16.0. The van der Waals surface area contributed by atoms with Crippen molar-refractivity contribution in [3.63, 3.8) is 0 Å². The molecular formula is C20H16N4O3S. The van der Waals surface area contributed by atoms with Gasteiger partial charge in [-0.15, -0.1) is 11.3 Å². The molecule has 0 aliphatic heterocycles. The van der Waals surface area contributed by atoms with Crippen LogP contribution in [0, 0.1) is 13.8 Å². The Bertz CT molecular complexity index is 1210. The van der Waals surface area contributed by atoms with Gasteiger partial charge in [-0.1, -0.05) is 5.16 Å². The van der Waals surface area contributed by atoms with E-state index in [1.54, 1.807) is 48.6 Å². The molecule has 0 saturated carbocycles. The van der Waals surface area contributed by atoms with Gasteiger partial charge in [0, 0.05) is 16.1 Å². The van der Waals surface area contributed by atoms with E-state index in [2.05, 4.69) is 15.5 Å². The van der Waals surface area contributed by atoms with Crippen molar-refractivity contribution >= 4 is 39.9 Å². The van der Waals surface area contributed by atoms with E-state index in [-0.39, 0.29) is 5.91 Å². The third-order valence-electron chi connectivity index (χ3n) is 4.28. The fraction of sp³-hybridized carbons (Fsp3) is 0.100. The van der Waals surface area contributed by atoms with E-state index in [1.165, 1.54) is 0 Å². The Morgan fingerprint density at radius 2 is 1.86 bits per heavy atom. The predicted molar refractivity (Wildman–Crippen MR) is 108 cm³/mol. The smallest absolute Gasteiger partial charge is 0.259 e. The molecular weight excluding hydrogens is 376 g/mol. The Hall–Kier alpha value is -3.52. The number of anilines is 1. The van der Waals surface area contributed by atoms with E-state index < -0.39 is 5.91 Å². The minimum atomic E-state index is -0.523. The van der Waals surface area contributed by atoms with Gasteiger partial charge in [0.25, 0.3) is 11.6 Å². The van der Waals surface area contributed by atoms with Crippen LogP contribution < -0.4 is 11.1 Å². The highest BCUT2D eigenvalue weighted by atomic mass is 32.1. The van der Waals surface area contributed by atoms with Gasteiger partial charge in [-0.2, -0.15) is 0 Å². The zero-order chi connectivity index (χ0) is 19.8. The largest absolute Gasteiger partial charge is 0.366 e. The first kappa shape index (κ1) is 17.9. The number of hydrogen-bond donors (Lipinski definition) is 2. The number of carbonyl (C=O) groups is 2. The molecule has 0 saturated heterocycles. The summed E-state index contributed by atoms with van der Waals surface area (Å²) in [5.74, 6) is -0.843. The van der Waals surface area contributed by atoms with E-state index in [4.69, 9.17) is 10.3 Å². The third kappa shape index (κ3) is 3.25. The van der Waals surface area contributed by atoms with Gasteiger partial charge in [0.1, 0.15) is 0 Å². The number of amides is 2. The van der Waals surface area contributed by atoms with E-state index in [9.17, 15) is 9.59 Å². The van der Waals surface area contributed by atoms with Crippen LogP contribution >= 0.6 is 11.3 Å². The Labute approximate surface area is 164 Å². The second-order valence-corrected chi connectivity index (χ2v) is 7.60. The van der Waals surface area contributed by atoms with E-state index in [1.807, 2.05) is 19.1 Å². The normalized spacial score (nSPS) is 10.9. The minimum absolute atomic E-state index is 0.315. The standard InChI is InChI=1S/C20H16N4O3S/c1-10-3-8-16(28-10)15-9-14(17-11(2)24-27-20(17)23-15)19(26)22-13-6-4-12(5-7-13)18(21)25/h3-9H,1-2H3,(H2,21,25)(H,22,26). The zero-order valence-electron chi connectivity index (χ0n) is 15.1. The summed E-state index contributed by atoms with van der Waals surface area (Å²) in [5, 5.41) is 7.36. The van der Waals surface area contributed by atoms with Crippen LogP contribution in [0.15, 0.2) is 47.0 Å². The summed E-state index contributed by atoms with van der Waals surface area (Å²) < 4.78 is 5.31. The molecule has 3 N–H and O–H groups in total. The number of benzene rings is 1. The summed E-state index contributed by atoms with van der Waals surface area (Å²) in [4.78, 5) is 30.8. The number of nitrogens with zero attached hydrogens (tertiary/aromatic N) is 2. The molecule has 2 amide bonds. The molecule has 4 rings (SSSR count). The molecule has 7 nitrogen and oxygen atoms in total. The fourth-order valence-corrected chi connectivity index (χ4v) is 3.72. The molecule has 3 heterocycles. The van der Waals surface area contributed by atoms with Gasteiger partial charge >= 0.3 is 0 Å². The molecule has 4 aromatic rings. The number of aromatic nitrogens is 2. The van der Waals surface area contributed by atoms with Gasteiger partial charge in [0.05, 0.1) is 27.2 Å². The highest BCUT2D eigenvalue weighted by Gasteiger charge is 2.20. The van der Waals surface area contributed by atoms with Crippen molar-refractivity contribution in [2.24, 2.45) is 5.73 Å². The molecule has 0 radical (unpaired) electrons. The highest BCUT2D eigenvalue weighted by Crippen LogP contribution is 2.31. The first-order valence-electron chi connectivity index (χ1n) is 8.47. The molecule has 0 spiro atoms. The van der Waals surface area contributed by atoms with E-state index in [0.29, 0.717) is 39.3 Å². The second-order valence-electron chi connectivity index (χ2n) is 6.31. The molecule has 3 aromatic heterocycles. The molecule has 0 atom stereocenters. The maximum absolute atomic E-state index is 13.0. The molecule has 0 fully saturated rings. The summed E-state index contributed by atoms with van der Waals surface area (Å²) in [6.45, 7) is 3.77.